The highest BCUT2D eigenvalue weighted by Gasteiger charge is 2.06. The van der Waals surface area contributed by atoms with Gasteiger partial charge in [0, 0.05) is 32.3 Å². The molecule has 0 radical (unpaired) electrons. The third-order valence-electron chi connectivity index (χ3n) is 2.65. The highest BCUT2D eigenvalue weighted by Crippen LogP contribution is 2.08. The lowest BCUT2D eigenvalue weighted by Gasteiger charge is -2.21. The quantitative estimate of drug-likeness (QED) is 0.682. The second-order valence-electron chi connectivity index (χ2n) is 4.06. The summed E-state index contributed by atoms with van der Waals surface area (Å²) in [6.07, 6.45) is 0. The molecule has 0 saturated carbocycles. The van der Waals surface area contributed by atoms with Gasteiger partial charge in [-0.05, 0) is 11.6 Å². The van der Waals surface area contributed by atoms with Crippen molar-refractivity contribution in [2.75, 3.05) is 33.4 Å². The molecule has 18 heavy (non-hydrogen) atoms. The SMILES string of the molecule is COCCN(CCO)Cc1cccc(C(N)=S)c1. The summed E-state index contributed by atoms with van der Waals surface area (Å²) in [5, 5.41) is 9.03. The topological polar surface area (TPSA) is 58.7 Å². The van der Waals surface area contributed by atoms with E-state index in [9.17, 15) is 0 Å². The van der Waals surface area contributed by atoms with E-state index in [0.717, 1.165) is 24.2 Å². The molecule has 0 aromatic heterocycles. The Hall–Kier alpha value is -1.01. The molecule has 0 fully saturated rings. The monoisotopic (exact) mass is 268 g/mol. The first kappa shape index (κ1) is 15.0. The molecule has 0 aliphatic rings. The van der Waals surface area contributed by atoms with Crippen LogP contribution in [-0.4, -0.2) is 48.4 Å². The molecule has 0 bridgehead atoms. The Bertz CT molecular complexity index is 385. The number of thiocarbonyl (C=S) groups is 1. The molecule has 1 aromatic carbocycles. The van der Waals surface area contributed by atoms with Gasteiger partial charge in [0.25, 0.3) is 0 Å². The van der Waals surface area contributed by atoms with Crippen LogP contribution in [0.3, 0.4) is 0 Å². The van der Waals surface area contributed by atoms with E-state index < -0.39 is 0 Å². The first-order valence-corrected chi connectivity index (χ1v) is 6.29. The van der Waals surface area contributed by atoms with Crippen molar-refractivity contribution in [1.29, 1.82) is 0 Å². The average molecular weight is 268 g/mol. The first-order valence-electron chi connectivity index (χ1n) is 5.88. The van der Waals surface area contributed by atoms with Crippen molar-refractivity contribution >= 4 is 17.2 Å². The van der Waals surface area contributed by atoms with E-state index in [2.05, 4.69) is 4.90 Å². The normalized spacial score (nSPS) is 10.8. The zero-order chi connectivity index (χ0) is 13.4. The van der Waals surface area contributed by atoms with Gasteiger partial charge in [0.1, 0.15) is 4.99 Å². The van der Waals surface area contributed by atoms with Gasteiger partial charge in [-0.25, -0.2) is 0 Å². The highest BCUT2D eigenvalue weighted by molar-refractivity contribution is 7.80. The number of rotatable bonds is 8. The van der Waals surface area contributed by atoms with E-state index in [1.54, 1.807) is 7.11 Å². The summed E-state index contributed by atoms with van der Waals surface area (Å²) in [5.74, 6) is 0. The molecule has 0 atom stereocenters. The van der Waals surface area contributed by atoms with Crippen LogP contribution in [0.1, 0.15) is 11.1 Å². The van der Waals surface area contributed by atoms with Gasteiger partial charge in [0.2, 0.25) is 0 Å². The zero-order valence-corrected chi connectivity index (χ0v) is 11.4. The van der Waals surface area contributed by atoms with Gasteiger partial charge in [-0.3, -0.25) is 4.90 Å². The third kappa shape index (κ3) is 5.10. The molecule has 0 saturated heterocycles. The number of aliphatic hydroxyl groups excluding tert-OH is 1. The fraction of sp³-hybridized carbons (Fsp3) is 0.462. The number of ether oxygens (including phenoxy) is 1. The number of nitrogens with two attached hydrogens (primary N) is 1. The molecule has 0 aliphatic carbocycles. The van der Waals surface area contributed by atoms with Crippen molar-refractivity contribution in [2.24, 2.45) is 5.73 Å². The van der Waals surface area contributed by atoms with Crippen LogP contribution >= 0.6 is 12.2 Å². The van der Waals surface area contributed by atoms with Gasteiger partial charge in [-0.2, -0.15) is 0 Å². The van der Waals surface area contributed by atoms with Crippen molar-refractivity contribution in [1.82, 2.24) is 4.90 Å². The standard InChI is InChI=1S/C13H20N2O2S/c1-17-8-6-15(5-7-16)10-11-3-2-4-12(9-11)13(14)18/h2-4,9,16H,5-8,10H2,1H3,(H2,14,18). The Morgan fingerprint density at radius 3 is 2.83 bits per heavy atom. The second-order valence-corrected chi connectivity index (χ2v) is 4.50. The van der Waals surface area contributed by atoms with Crippen LogP contribution in [0, 0.1) is 0 Å². The van der Waals surface area contributed by atoms with Gasteiger partial charge in [-0.15, -0.1) is 0 Å². The summed E-state index contributed by atoms with van der Waals surface area (Å²) in [5.41, 5.74) is 7.61. The Labute approximate surface area is 113 Å². The van der Waals surface area contributed by atoms with E-state index in [1.807, 2.05) is 24.3 Å². The molecule has 0 unspecified atom stereocenters. The Morgan fingerprint density at radius 1 is 1.44 bits per heavy atom. The maximum atomic E-state index is 9.03. The molecular formula is C13H20N2O2S. The van der Waals surface area contributed by atoms with Crippen LogP contribution < -0.4 is 5.73 Å². The zero-order valence-electron chi connectivity index (χ0n) is 10.6. The molecule has 3 N–H and O–H groups in total. The van der Waals surface area contributed by atoms with E-state index in [0.29, 0.717) is 18.1 Å². The fourth-order valence-electron chi connectivity index (χ4n) is 1.71. The molecule has 0 spiro atoms. The van der Waals surface area contributed by atoms with Crippen molar-refractivity contribution in [3.63, 3.8) is 0 Å². The van der Waals surface area contributed by atoms with E-state index in [4.69, 9.17) is 27.8 Å². The number of hydrogen-bond donors (Lipinski definition) is 2. The van der Waals surface area contributed by atoms with Crippen LogP contribution in [0.2, 0.25) is 0 Å². The van der Waals surface area contributed by atoms with E-state index >= 15 is 0 Å². The van der Waals surface area contributed by atoms with Gasteiger partial charge in [-0.1, -0.05) is 30.4 Å². The molecule has 0 aliphatic heterocycles. The number of nitrogens with zero attached hydrogens (tertiary/aromatic N) is 1. The smallest absolute Gasteiger partial charge is 0.103 e. The lowest BCUT2D eigenvalue weighted by atomic mass is 10.1. The minimum Gasteiger partial charge on any atom is -0.395 e. The maximum Gasteiger partial charge on any atom is 0.103 e. The minimum atomic E-state index is 0.138. The van der Waals surface area contributed by atoms with Crippen molar-refractivity contribution in [3.8, 4) is 0 Å². The van der Waals surface area contributed by atoms with Crippen LogP contribution in [0.25, 0.3) is 0 Å². The van der Waals surface area contributed by atoms with Crippen LogP contribution in [-0.2, 0) is 11.3 Å². The van der Waals surface area contributed by atoms with Gasteiger partial charge in [0.05, 0.1) is 13.2 Å². The third-order valence-corrected chi connectivity index (χ3v) is 2.88. The highest BCUT2D eigenvalue weighted by atomic mass is 32.1. The lowest BCUT2D eigenvalue weighted by Crippen LogP contribution is -2.30. The van der Waals surface area contributed by atoms with Crippen LogP contribution in [0.15, 0.2) is 24.3 Å². The number of methoxy groups -OCH3 is 1. The van der Waals surface area contributed by atoms with E-state index in [1.165, 1.54) is 0 Å². The molecule has 4 nitrogen and oxygen atoms in total. The number of hydrogen-bond acceptors (Lipinski definition) is 4. The maximum absolute atomic E-state index is 9.03. The predicted molar refractivity (Wildman–Crippen MR) is 76.6 cm³/mol. The summed E-state index contributed by atoms with van der Waals surface area (Å²) in [4.78, 5) is 2.53. The number of benzene rings is 1. The molecule has 100 valence electrons. The van der Waals surface area contributed by atoms with Gasteiger partial charge in [0.15, 0.2) is 0 Å². The van der Waals surface area contributed by atoms with Gasteiger partial charge >= 0.3 is 0 Å². The van der Waals surface area contributed by atoms with Crippen molar-refractivity contribution < 1.29 is 9.84 Å². The Kier molecular flexibility index (Phi) is 6.82. The average Bonchev–Trinajstić information content (AvgIpc) is 2.36. The van der Waals surface area contributed by atoms with E-state index in [-0.39, 0.29) is 6.61 Å². The lowest BCUT2D eigenvalue weighted by molar-refractivity contribution is 0.127. The summed E-state index contributed by atoms with van der Waals surface area (Å²) < 4.78 is 5.05. The summed E-state index contributed by atoms with van der Waals surface area (Å²) in [6.45, 7) is 2.95. The van der Waals surface area contributed by atoms with Crippen LogP contribution in [0.4, 0.5) is 0 Å². The number of aliphatic hydroxyl groups is 1. The minimum absolute atomic E-state index is 0.138. The summed E-state index contributed by atoms with van der Waals surface area (Å²) in [7, 11) is 1.67. The van der Waals surface area contributed by atoms with Crippen LogP contribution in [0.5, 0.6) is 0 Å². The molecule has 1 aromatic rings. The summed E-state index contributed by atoms with van der Waals surface area (Å²) >= 11 is 4.96. The molecule has 0 amide bonds. The Morgan fingerprint density at radius 2 is 2.22 bits per heavy atom. The summed E-state index contributed by atoms with van der Waals surface area (Å²) in [6, 6.07) is 7.85. The first-order chi connectivity index (χ1) is 8.67. The molecule has 0 heterocycles. The fourth-order valence-corrected chi connectivity index (χ4v) is 1.84. The molecule has 1 rings (SSSR count). The largest absolute Gasteiger partial charge is 0.395 e. The predicted octanol–water partition coefficient (Wildman–Crippen LogP) is 0.762. The van der Waals surface area contributed by atoms with Gasteiger partial charge < -0.3 is 15.6 Å². The van der Waals surface area contributed by atoms with Crippen molar-refractivity contribution in [2.45, 2.75) is 6.54 Å². The molecule has 5 heteroatoms. The van der Waals surface area contributed by atoms with Crippen molar-refractivity contribution in [3.05, 3.63) is 35.4 Å². The molecular weight excluding hydrogens is 248 g/mol. The second kappa shape index (κ2) is 8.16. The Balaban J connectivity index is 2.67.